The van der Waals surface area contributed by atoms with Gasteiger partial charge >= 0.3 is 12.1 Å². The van der Waals surface area contributed by atoms with Gasteiger partial charge in [0, 0.05) is 0 Å². The van der Waals surface area contributed by atoms with E-state index in [0.29, 0.717) is 0 Å². The maximum Gasteiger partial charge on any atom is 0.404 e. The summed E-state index contributed by atoms with van der Waals surface area (Å²) in [6, 6.07) is 0. The van der Waals surface area contributed by atoms with Gasteiger partial charge in [-0.1, -0.05) is 0 Å². The fourth-order valence-electron chi connectivity index (χ4n) is 0.438. The van der Waals surface area contributed by atoms with Gasteiger partial charge in [0.05, 0.1) is 0 Å². The molecule has 0 unspecified atom stereocenters. The minimum Gasteiger partial charge on any atom is -0.480 e. The van der Waals surface area contributed by atoms with E-state index < -0.39 is 34.5 Å². The van der Waals surface area contributed by atoms with Gasteiger partial charge in [0.1, 0.15) is 6.54 Å². The maximum atomic E-state index is 11.5. The lowest BCUT2D eigenvalue weighted by Crippen LogP contribution is -2.36. The van der Waals surface area contributed by atoms with E-state index in [4.69, 9.17) is 5.11 Å². The first-order chi connectivity index (χ1) is 5.62. The van der Waals surface area contributed by atoms with Crippen molar-refractivity contribution in [1.82, 2.24) is 4.72 Å². The molecule has 0 spiro atoms. The number of rotatable bonds is 4. The molecule has 0 atom stereocenters. The second kappa shape index (κ2) is 3.92. The summed E-state index contributed by atoms with van der Waals surface area (Å²) in [6.07, 6.45) is -4.87. The molecule has 0 aromatic rings. The summed E-state index contributed by atoms with van der Waals surface area (Å²) in [4.78, 5) is 9.80. The molecule has 0 aliphatic carbocycles. The first-order valence-corrected chi connectivity index (χ1v) is 4.53. The van der Waals surface area contributed by atoms with Crippen LogP contribution in [0.5, 0.6) is 0 Å². The highest BCUT2D eigenvalue weighted by atomic mass is 32.2. The van der Waals surface area contributed by atoms with Crippen LogP contribution in [0.15, 0.2) is 0 Å². The average molecular weight is 221 g/mol. The molecule has 0 fully saturated rings. The molecule has 0 amide bonds. The second-order valence-electron chi connectivity index (χ2n) is 2.09. The van der Waals surface area contributed by atoms with E-state index in [-0.39, 0.29) is 0 Å². The Morgan fingerprint density at radius 1 is 1.38 bits per heavy atom. The molecule has 2 N–H and O–H groups in total. The highest BCUT2D eigenvalue weighted by Crippen LogP contribution is 2.16. The molecule has 0 heterocycles. The largest absolute Gasteiger partial charge is 0.480 e. The summed E-state index contributed by atoms with van der Waals surface area (Å²) in [5.41, 5.74) is 0. The fourth-order valence-corrected chi connectivity index (χ4v) is 1.31. The normalized spacial score (nSPS) is 12.8. The highest BCUT2D eigenvalue weighted by molar-refractivity contribution is 7.89. The van der Waals surface area contributed by atoms with E-state index in [0.717, 1.165) is 0 Å². The molecule has 9 heteroatoms. The Hall–Kier alpha value is -0.830. The topological polar surface area (TPSA) is 83.5 Å². The third-order valence-electron chi connectivity index (χ3n) is 0.797. The minimum atomic E-state index is -4.87. The van der Waals surface area contributed by atoms with Crippen molar-refractivity contribution < 1.29 is 31.5 Å². The summed E-state index contributed by atoms with van der Waals surface area (Å²) in [5.74, 6) is -3.63. The molecular weight excluding hydrogens is 215 g/mol. The van der Waals surface area contributed by atoms with Crippen LogP contribution < -0.4 is 4.72 Å². The third kappa shape index (κ3) is 7.53. The van der Waals surface area contributed by atoms with Gasteiger partial charge in [-0.3, -0.25) is 4.79 Å². The van der Waals surface area contributed by atoms with Gasteiger partial charge in [-0.25, -0.2) is 13.1 Å². The number of carboxylic acid groups (broad SMARTS) is 1. The van der Waals surface area contributed by atoms with Crippen LogP contribution in [0.4, 0.5) is 13.2 Å². The molecule has 0 aromatic carbocycles. The molecular formula is C4H6F3NO4S. The lowest BCUT2D eigenvalue weighted by molar-refractivity contribution is -0.135. The van der Waals surface area contributed by atoms with E-state index in [2.05, 4.69) is 0 Å². The molecule has 0 aliphatic heterocycles. The summed E-state index contributed by atoms with van der Waals surface area (Å²) in [7, 11) is -4.59. The SMILES string of the molecule is O=C(O)CNS(=O)(=O)CC(F)(F)F. The molecule has 0 saturated carbocycles. The summed E-state index contributed by atoms with van der Waals surface area (Å²) < 4.78 is 56.7. The van der Waals surface area contributed by atoms with Crippen LogP contribution in [0.2, 0.25) is 0 Å². The van der Waals surface area contributed by atoms with Crippen molar-refractivity contribution in [3.8, 4) is 0 Å². The quantitative estimate of drug-likeness (QED) is 0.673. The number of carboxylic acids is 1. The van der Waals surface area contributed by atoms with Crippen LogP contribution in [0.1, 0.15) is 0 Å². The van der Waals surface area contributed by atoms with E-state index in [9.17, 15) is 26.4 Å². The van der Waals surface area contributed by atoms with Crippen LogP contribution in [-0.4, -0.2) is 38.0 Å². The standard InChI is InChI=1S/C4H6F3NO4S/c5-4(6,7)2-13(11,12)8-1-3(9)10/h8H,1-2H2,(H,9,10). The Morgan fingerprint density at radius 2 is 1.85 bits per heavy atom. The zero-order valence-electron chi connectivity index (χ0n) is 6.13. The Morgan fingerprint density at radius 3 is 2.15 bits per heavy atom. The number of nitrogens with one attached hydrogen (secondary N) is 1. The molecule has 0 bridgehead atoms. The van der Waals surface area contributed by atoms with Crippen molar-refractivity contribution in [2.24, 2.45) is 0 Å². The fraction of sp³-hybridized carbons (Fsp3) is 0.750. The molecule has 0 radical (unpaired) electrons. The number of alkyl halides is 3. The van der Waals surface area contributed by atoms with Gasteiger partial charge in [0.15, 0.2) is 5.75 Å². The number of aliphatic carboxylic acids is 1. The van der Waals surface area contributed by atoms with Gasteiger partial charge in [-0.2, -0.15) is 13.2 Å². The van der Waals surface area contributed by atoms with Crippen LogP contribution in [0, 0.1) is 0 Å². The molecule has 0 rings (SSSR count). The van der Waals surface area contributed by atoms with Crippen molar-refractivity contribution in [3.05, 3.63) is 0 Å². The summed E-state index contributed by atoms with van der Waals surface area (Å²) >= 11 is 0. The Bertz CT molecular complexity index is 282. The first-order valence-electron chi connectivity index (χ1n) is 2.88. The van der Waals surface area contributed by atoms with Crippen LogP contribution in [0.25, 0.3) is 0 Å². The van der Waals surface area contributed by atoms with Gasteiger partial charge in [-0.05, 0) is 0 Å². The zero-order valence-corrected chi connectivity index (χ0v) is 6.94. The highest BCUT2D eigenvalue weighted by Gasteiger charge is 2.35. The van der Waals surface area contributed by atoms with Gasteiger partial charge in [0.2, 0.25) is 10.0 Å². The molecule has 0 aromatic heterocycles. The third-order valence-corrected chi connectivity index (χ3v) is 2.09. The van der Waals surface area contributed by atoms with Crippen molar-refractivity contribution in [3.63, 3.8) is 0 Å². The van der Waals surface area contributed by atoms with E-state index in [1.807, 2.05) is 0 Å². The number of carbonyl (C=O) groups is 1. The van der Waals surface area contributed by atoms with E-state index in [1.54, 1.807) is 0 Å². The van der Waals surface area contributed by atoms with Gasteiger partial charge < -0.3 is 5.11 Å². The Balaban J connectivity index is 4.19. The van der Waals surface area contributed by atoms with Crippen LogP contribution >= 0.6 is 0 Å². The minimum absolute atomic E-state index is 1.06. The Kier molecular flexibility index (Phi) is 3.67. The maximum absolute atomic E-state index is 11.5. The summed E-state index contributed by atoms with van der Waals surface area (Å²) in [6.45, 7) is -1.06. The first kappa shape index (κ1) is 12.2. The Labute approximate surface area is 71.6 Å². The lowest BCUT2D eigenvalue weighted by atomic mass is 10.7. The van der Waals surface area contributed by atoms with E-state index >= 15 is 0 Å². The molecule has 0 aliphatic rings. The van der Waals surface area contributed by atoms with Crippen molar-refractivity contribution in [2.75, 3.05) is 12.3 Å². The van der Waals surface area contributed by atoms with Crippen molar-refractivity contribution in [2.45, 2.75) is 6.18 Å². The smallest absolute Gasteiger partial charge is 0.404 e. The number of sulfonamides is 1. The second-order valence-corrected chi connectivity index (χ2v) is 3.90. The van der Waals surface area contributed by atoms with E-state index in [1.165, 1.54) is 4.72 Å². The predicted molar refractivity (Wildman–Crippen MR) is 35.5 cm³/mol. The average Bonchev–Trinajstić information content (AvgIpc) is 1.78. The van der Waals surface area contributed by atoms with Crippen molar-refractivity contribution in [1.29, 1.82) is 0 Å². The van der Waals surface area contributed by atoms with Crippen LogP contribution in [-0.2, 0) is 14.8 Å². The zero-order chi connectivity index (χ0) is 10.7. The summed E-state index contributed by atoms with van der Waals surface area (Å²) in [5, 5.41) is 7.97. The van der Waals surface area contributed by atoms with Gasteiger partial charge in [0.25, 0.3) is 0 Å². The van der Waals surface area contributed by atoms with Gasteiger partial charge in [-0.15, -0.1) is 0 Å². The lowest BCUT2D eigenvalue weighted by Gasteiger charge is -2.06. The molecule has 78 valence electrons. The number of halogens is 3. The molecule has 0 saturated heterocycles. The number of hydrogen-bond donors (Lipinski definition) is 2. The van der Waals surface area contributed by atoms with Crippen molar-refractivity contribution >= 4 is 16.0 Å². The number of hydrogen-bond acceptors (Lipinski definition) is 3. The monoisotopic (exact) mass is 221 g/mol. The van der Waals surface area contributed by atoms with Crippen LogP contribution in [0.3, 0.4) is 0 Å². The molecule has 5 nitrogen and oxygen atoms in total. The predicted octanol–water partition coefficient (Wildman–Crippen LogP) is -0.447. The molecule has 13 heavy (non-hydrogen) atoms.